The van der Waals surface area contributed by atoms with E-state index in [0.29, 0.717) is 11.4 Å². The fraction of sp³-hybridized carbons (Fsp3) is 0.222. The highest BCUT2D eigenvalue weighted by molar-refractivity contribution is 8.00. The molecule has 0 aliphatic rings. The molecule has 1 amide bonds. The quantitative estimate of drug-likeness (QED) is 0.757. The Morgan fingerprint density at radius 1 is 1.22 bits per heavy atom. The zero-order chi connectivity index (χ0) is 16.7. The SMILES string of the molecule is CC[C@@H](Sc1ccc(Cl)cc1)C(=O)Nc1ccc(CC#N)cc1. The number of carbonyl (C=O) groups is 1. The van der Waals surface area contributed by atoms with Crippen LogP contribution in [0.4, 0.5) is 5.69 Å². The van der Waals surface area contributed by atoms with Gasteiger partial charge in [-0.3, -0.25) is 4.79 Å². The molecule has 2 aromatic rings. The summed E-state index contributed by atoms with van der Waals surface area (Å²) in [7, 11) is 0. The van der Waals surface area contributed by atoms with E-state index in [9.17, 15) is 4.79 Å². The third-order valence-electron chi connectivity index (χ3n) is 3.26. The molecule has 0 unspecified atom stereocenters. The Hall–Kier alpha value is -1.96. The lowest BCUT2D eigenvalue weighted by Crippen LogP contribution is -2.24. The van der Waals surface area contributed by atoms with E-state index in [0.717, 1.165) is 22.6 Å². The monoisotopic (exact) mass is 344 g/mol. The van der Waals surface area contributed by atoms with Gasteiger partial charge in [0.05, 0.1) is 17.7 Å². The molecule has 0 radical (unpaired) electrons. The first-order valence-corrected chi connectivity index (χ1v) is 8.57. The van der Waals surface area contributed by atoms with Gasteiger partial charge in [0.15, 0.2) is 0 Å². The Kier molecular flexibility index (Phi) is 6.52. The third-order valence-corrected chi connectivity index (χ3v) is 4.89. The minimum Gasteiger partial charge on any atom is -0.325 e. The molecular weight excluding hydrogens is 328 g/mol. The number of hydrogen-bond donors (Lipinski definition) is 1. The summed E-state index contributed by atoms with van der Waals surface area (Å²) in [4.78, 5) is 13.4. The summed E-state index contributed by atoms with van der Waals surface area (Å²) in [5.74, 6) is -0.0273. The Labute approximate surface area is 145 Å². The maximum atomic E-state index is 12.4. The van der Waals surface area contributed by atoms with Gasteiger partial charge in [-0.1, -0.05) is 30.7 Å². The topological polar surface area (TPSA) is 52.9 Å². The molecule has 0 bridgehead atoms. The minimum absolute atomic E-state index is 0.0273. The number of nitrogens with one attached hydrogen (secondary N) is 1. The number of halogens is 1. The molecule has 0 spiro atoms. The zero-order valence-electron chi connectivity index (χ0n) is 12.8. The number of thioether (sulfide) groups is 1. The van der Waals surface area contributed by atoms with Crippen molar-refractivity contribution >= 4 is 35.0 Å². The molecule has 0 aliphatic heterocycles. The maximum absolute atomic E-state index is 12.4. The molecule has 1 atom stereocenters. The van der Waals surface area contributed by atoms with Crippen LogP contribution in [0.25, 0.3) is 0 Å². The minimum atomic E-state index is -0.171. The average molecular weight is 345 g/mol. The summed E-state index contributed by atoms with van der Waals surface area (Å²) in [6, 6.07) is 16.9. The van der Waals surface area contributed by atoms with E-state index in [1.165, 1.54) is 11.8 Å². The molecule has 0 fully saturated rings. The Bertz CT molecular complexity index is 692. The molecule has 0 heterocycles. The highest BCUT2D eigenvalue weighted by atomic mass is 35.5. The van der Waals surface area contributed by atoms with Crippen molar-refractivity contribution in [2.24, 2.45) is 0 Å². The Morgan fingerprint density at radius 2 is 1.87 bits per heavy atom. The second-order valence-corrected chi connectivity index (χ2v) is 6.70. The van der Waals surface area contributed by atoms with E-state index in [2.05, 4.69) is 11.4 Å². The van der Waals surface area contributed by atoms with Crippen LogP contribution in [0.3, 0.4) is 0 Å². The molecule has 118 valence electrons. The molecule has 3 nitrogen and oxygen atoms in total. The number of benzene rings is 2. The van der Waals surface area contributed by atoms with Crippen molar-refractivity contribution in [3.63, 3.8) is 0 Å². The van der Waals surface area contributed by atoms with Crippen molar-refractivity contribution in [1.29, 1.82) is 5.26 Å². The predicted octanol–water partition coefficient (Wildman–Crippen LogP) is 4.92. The molecule has 0 saturated heterocycles. The summed E-state index contributed by atoms with van der Waals surface area (Å²) in [5.41, 5.74) is 1.68. The van der Waals surface area contributed by atoms with Gasteiger partial charge in [0, 0.05) is 15.6 Å². The van der Waals surface area contributed by atoms with Gasteiger partial charge in [-0.2, -0.15) is 5.26 Å². The number of nitrogens with zero attached hydrogens (tertiary/aromatic N) is 1. The highest BCUT2D eigenvalue weighted by Gasteiger charge is 2.18. The number of rotatable bonds is 6. The largest absolute Gasteiger partial charge is 0.325 e. The van der Waals surface area contributed by atoms with Gasteiger partial charge < -0.3 is 5.32 Å². The second kappa shape index (κ2) is 8.61. The van der Waals surface area contributed by atoms with Crippen molar-refractivity contribution in [3.8, 4) is 6.07 Å². The van der Waals surface area contributed by atoms with Crippen molar-refractivity contribution < 1.29 is 4.79 Å². The molecule has 5 heteroatoms. The first-order chi connectivity index (χ1) is 11.1. The fourth-order valence-corrected chi connectivity index (χ4v) is 3.10. The van der Waals surface area contributed by atoms with Gasteiger partial charge >= 0.3 is 0 Å². The zero-order valence-corrected chi connectivity index (χ0v) is 14.3. The van der Waals surface area contributed by atoms with Crippen molar-refractivity contribution in [1.82, 2.24) is 0 Å². The lowest BCUT2D eigenvalue weighted by molar-refractivity contribution is -0.115. The number of carbonyl (C=O) groups excluding carboxylic acids is 1. The number of anilines is 1. The van der Waals surface area contributed by atoms with Gasteiger partial charge in [-0.25, -0.2) is 0 Å². The van der Waals surface area contributed by atoms with Gasteiger partial charge in [0.25, 0.3) is 0 Å². The van der Waals surface area contributed by atoms with Crippen LogP contribution in [-0.4, -0.2) is 11.2 Å². The lowest BCUT2D eigenvalue weighted by atomic mass is 10.1. The van der Waals surface area contributed by atoms with Crippen LogP contribution in [0.2, 0.25) is 5.02 Å². The van der Waals surface area contributed by atoms with Crippen LogP contribution in [0.1, 0.15) is 18.9 Å². The lowest BCUT2D eigenvalue weighted by Gasteiger charge is -2.15. The Morgan fingerprint density at radius 3 is 2.43 bits per heavy atom. The summed E-state index contributed by atoms with van der Waals surface area (Å²) in [6.07, 6.45) is 1.10. The molecular formula is C18H17ClN2OS. The summed E-state index contributed by atoms with van der Waals surface area (Å²) < 4.78 is 0. The van der Waals surface area contributed by atoms with Gasteiger partial charge in [0.1, 0.15) is 0 Å². The fourth-order valence-electron chi connectivity index (χ4n) is 2.02. The van der Waals surface area contributed by atoms with Crippen molar-refractivity contribution in [3.05, 3.63) is 59.1 Å². The van der Waals surface area contributed by atoms with Crippen LogP contribution in [0.15, 0.2) is 53.4 Å². The van der Waals surface area contributed by atoms with Gasteiger partial charge in [0.2, 0.25) is 5.91 Å². The second-order valence-electron chi connectivity index (χ2n) is 4.99. The Balaban J connectivity index is 1.99. The van der Waals surface area contributed by atoms with E-state index < -0.39 is 0 Å². The van der Waals surface area contributed by atoms with Crippen LogP contribution < -0.4 is 5.32 Å². The first-order valence-electron chi connectivity index (χ1n) is 7.31. The molecule has 0 aromatic heterocycles. The third kappa shape index (κ3) is 5.31. The summed E-state index contributed by atoms with van der Waals surface area (Å²) in [6.45, 7) is 1.99. The summed E-state index contributed by atoms with van der Waals surface area (Å²) in [5, 5.41) is 12.1. The molecule has 1 N–H and O–H groups in total. The molecule has 23 heavy (non-hydrogen) atoms. The smallest absolute Gasteiger partial charge is 0.237 e. The predicted molar refractivity (Wildman–Crippen MR) is 95.8 cm³/mol. The van der Waals surface area contributed by atoms with Crippen LogP contribution >= 0.6 is 23.4 Å². The van der Waals surface area contributed by atoms with E-state index in [1.54, 1.807) is 0 Å². The average Bonchev–Trinajstić information content (AvgIpc) is 2.56. The first kappa shape index (κ1) is 17.4. The van der Waals surface area contributed by atoms with Crippen molar-refractivity contribution in [2.75, 3.05) is 5.32 Å². The molecule has 2 rings (SSSR count). The maximum Gasteiger partial charge on any atom is 0.237 e. The van der Waals surface area contributed by atoms with Crippen molar-refractivity contribution in [2.45, 2.75) is 29.9 Å². The van der Waals surface area contributed by atoms with Crippen LogP contribution in [0.5, 0.6) is 0 Å². The van der Waals surface area contributed by atoms with E-state index >= 15 is 0 Å². The van der Waals surface area contributed by atoms with Crippen LogP contribution in [-0.2, 0) is 11.2 Å². The molecule has 0 aliphatic carbocycles. The number of amides is 1. The normalized spacial score (nSPS) is 11.5. The molecule has 0 saturated carbocycles. The standard InChI is InChI=1S/C18H17ClN2OS/c1-2-17(23-16-9-5-14(19)6-10-16)18(22)21-15-7-3-13(4-8-15)11-12-20/h3-10,17H,2,11H2,1H3,(H,21,22)/t17-/m1/s1. The van der Waals surface area contributed by atoms with Crippen LogP contribution in [0, 0.1) is 11.3 Å². The summed E-state index contributed by atoms with van der Waals surface area (Å²) >= 11 is 7.40. The van der Waals surface area contributed by atoms with E-state index in [4.69, 9.17) is 16.9 Å². The number of nitriles is 1. The highest BCUT2D eigenvalue weighted by Crippen LogP contribution is 2.27. The number of hydrogen-bond acceptors (Lipinski definition) is 3. The van der Waals surface area contributed by atoms with Gasteiger partial charge in [-0.05, 0) is 48.4 Å². The molecule has 2 aromatic carbocycles. The van der Waals surface area contributed by atoms with E-state index in [-0.39, 0.29) is 11.2 Å². The van der Waals surface area contributed by atoms with E-state index in [1.807, 2.05) is 55.5 Å². The van der Waals surface area contributed by atoms with Gasteiger partial charge in [-0.15, -0.1) is 11.8 Å².